The molecule has 0 aromatic heterocycles. The number of benzene rings is 1. The number of carbonyl (C=O) groups excluding carboxylic acids is 1. The summed E-state index contributed by atoms with van der Waals surface area (Å²) < 4.78 is 26.9. The quantitative estimate of drug-likeness (QED) is 0.762. The van der Waals surface area contributed by atoms with Gasteiger partial charge in [0, 0.05) is 19.5 Å². The maximum absolute atomic E-state index is 12.7. The number of aryl methyl sites for hydroxylation is 1. The van der Waals surface area contributed by atoms with Crippen LogP contribution in [0.5, 0.6) is 0 Å². The van der Waals surface area contributed by atoms with Crippen molar-refractivity contribution in [2.24, 2.45) is 0 Å². The van der Waals surface area contributed by atoms with E-state index in [1.165, 1.54) is 0 Å². The van der Waals surface area contributed by atoms with E-state index < -0.39 is 10.0 Å². The van der Waals surface area contributed by atoms with Crippen LogP contribution < -0.4 is 5.48 Å². The van der Waals surface area contributed by atoms with E-state index in [0.29, 0.717) is 37.4 Å². The van der Waals surface area contributed by atoms with Crippen LogP contribution in [0.3, 0.4) is 0 Å². The first-order valence-electron chi connectivity index (χ1n) is 8.53. The molecule has 24 heavy (non-hydrogen) atoms. The van der Waals surface area contributed by atoms with Gasteiger partial charge in [0.05, 0.1) is 11.5 Å². The van der Waals surface area contributed by atoms with Crippen LogP contribution in [-0.4, -0.2) is 38.3 Å². The minimum atomic E-state index is -3.41. The molecule has 1 aromatic carbocycles. The second-order valence-corrected chi connectivity index (χ2v) is 7.86. The number of nitrogens with one attached hydrogen (secondary N) is 1. The molecule has 0 bridgehead atoms. The van der Waals surface area contributed by atoms with Crippen LogP contribution in [0.25, 0.3) is 0 Å². The lowest BCUT2D eigenvalue weighted by Gasteiger charge is -2.20. The van der Waals surface area contributed by atoms with Crippen molar-refractivity contribution in [3.05, 3.63) is 29.8 Å². The van der Waals surface area contributed by atoms with Crippen molar-refractivity contribution in [2.45, 2.75) is 50.3 Å². The van der Waals surface area contributed by atoms with Gasteiger partial charge in [0.1, 0.15) is 0 Å². The summed E-state index contributed by atoms with van der Waals surface area (Å²) in [5.41, 5.74) is 3.27. The summed E-state index contributed by atoms with van der Waals surface area (Å²) in [4.78, 5) is 16.7. The van der Waals surface area contributed by atoms with Crippen molar-refractivity contribution in [1.29, 1.82) is 0 Å². The predicted molar refractivity (Wildman–Crippen MR) is 91.8 cm³/mol. The number of nitrogens with zero attached hydrogens (tertiary/aromatic N) is 1. The van der Waals surface area contributed by atoms with E-state index >= 15 is 0 Å². The second-order valence-electron chi connectivity index (χ2n) is 5.92. The highest BCUT2D eigenvalue weighted by Crippen LogP contribution is 2.21. The van der Waals surface area contributed by atoms with Crippen LogP contribution in [0, 0.1) is 0 Å². The highest BCUT2D eigenvalue weighted by atomic mass is 32.2. The third kappa shape index (κ3) is 5.29. The fourth-order valence-electron chi connectivity index (χ4n) is 2.72. The van der Waals surface area contributed by atoms with Crippen LogP contribution in [0.15, 0.2) is 29.2 Å². The normalized spacial score (nSPS) is 16.5. The first kappa shape index (κ1) is 18.9. The van der Waals surface area contributed by atoms with Crippen molar-refractivity contribution in [3.8, 4) is 0 Å². The molecule has 0 saturated carbocycles. The summed E-state index contributed by atoms with van der Waals surface area (Å²) >= 11 is 0. The Labute approximate surface area is 144 Å². The maximum Gasteiger partial charge on any atom is 0.243 e. The Bertz CT molecular complexity index is 620. The van der Waals surface area contributed by atoms with E-state index in [-0.39, 0.29) is 5.91 Å². The summed E-state index contributed by atoms with van der Waals surface area (Å²) in [6.07, 6.45) is 4.88. The third-order valence-corrected chi connectivity index (χ3v) is 6.01. The molecule has 1 aliphatic heterocycles. The molecule has 0 radical (unpaired) electrons. The van der Waals surface area contributed by atoms with Gasteiger partial charge in [-0.25, -0.2) is 13.9 Å². The molecule has 0 atom stereocenters. The van der Waals surface area contributed by atoms with E-state index in [4.69, 9.17) is 4.84 Å². The zero-order chi connectivity index (χ0) is 17.4. The van der Waals surface area contributed by atoms with Crippen LogP contribution >= 0.6 is 0 Å². The summed E-state index contributed by atoms with van der Waals surface area (Å²) in [6, 6.07) is 6.82. The van der Waals surface area contributed by atoms with Gasteiger partial charge < -0.3 is 0 Å². The number of sulfonamides is 1. The minimum absolute atomic E-state index is 0.182. The monoisotopic (exact) mass is 354 g/mol. The summed E-state index contributed by atoms with van der Waals surface area (Å²) in [6.45, 7) is 3.42. The Kier molecular flexibility index (Phi) is 7.20. The van der Waals surface area contributed by atoms with E-state index in [2.05, 4.69) is 5.48 Å². The maximum atomic E-state index is 12.7. The van der Waals surface area contributed by atoms with E-state index in [0.717, 1.165) is 31.2 Å². The molecular formula is C17H26N2O4S. The molecule has 1 fully saturated rings. The molecule has 0 unspecified atom stereocenters. The Morgan fingerprint density at radius 1 is 1.12 bits per heavy atom. The molecule has 1 aromatic rings. The van der Waals surface area contributed by atoms with Gasteiger partial charge in [-0.15, -0.1) is 0 Å². The Hall–Kier alpha value is -1.44. The molecule has 134 valence electrons. The second kappa shape index (κ2) is 9.15. The molecule has 7 heteroatoms. The number of carbonyl (C=O) groups is 1. The van der Waals surface area contributed by atoms with Gasteiger partial charge in [0.25, 0.3) is 0 Å². The molecule has 1 N–H and O–H groups in total. The summed E-state index contributed by atoms with van der Waals surface area (Å²) in [5, 5.41) is 0. The number of amides is 1. The lowest BCUT2D eigenvalue weighted by atomic mass is 10.1. The largest absolute Gasteiger partial charge is 0.274 e. The summed E-state index contributed by atoms with van der Waals surface area (Å²) in [7, 11) is -3.41. The van der Waals surface area contributed by atoms with E-state index in [9.17, 15) is 13.2 Å². The molecule has 1 heterocycles. The van der Waals surface area contributed by atoms with Gasteiger partial charge in [0.2, 0.25) is 15.9 Å². The van der Waals surface area contributed by atoms with Crippen molar-refractivity contribution >= 4 is 15.9 Å². The molecule has 2 rings (SSSR count). The average molecular weight is 354 g/mol. The molecule has 1 aliphatic rings. The first-order valence-corrected chi connectivity index (χ1v) is 9.98. The van der Waals surface area contributed by atoms with Crippen molar-refractivity contribution < 1.29 is 18.0 Å². The fraction of sp³-hybridized carbons (Fsp3) is 0.588. The molecule has 0 aliphatic carbocycles. The highest BCUT2D eigenvalue weighted by Gasteiger charge is 2.24. The van der Waals surface area contributed by atoms with E-state index in [1.807, 2.05) is 0 Å². The zero-order valence-electron chi connectivity index (χ0n) is 14.2. The van der Waals surface area contributed by atoms with Gasteiger partial charge in [-0.3, -0.25) is 9.63 Å². The summed E-state index contributed by atoms with van der Waals surface area (Å²) in [5.74, 6) is -0.182. The molecule has 1 saturated heterocycles. The van der Waals surface area contributed by atoms with Crippen molar-refractivity contribution in [1.82, 2.24) is 9.79 Å². The van der Waals surface area contributed by atoms with Crippen LogP contribution in [0.1, 0.15) is 44.6 Å². The van der Waals surface area contributed by atoms with Gasteiger partial charge in [-0.1, -0.05) is 25.0 Å². The number of hydroxylamine groups is 1. The number of hydrogen-bond donors (Lipinski definition) is 1. The smallest absolute Gasteiger partial charge is 0.243 e. The van der Waals surface area contributed by atoms with Crippen molar-refractivity contribution in [3.63, 3.8) is 0 Å². The highest BCUT2D eigenvalue weighted by molar-refractivity contribution is 7.89. The van der Waals surface area contributed by atoms with Gasteiger partial charge in [-0.2, -0.15) is 4.31 Å². The topological polar surface area (TPSA) is 75.7 Å². The van der Waals surface area contributed by atoms with Gasteiger partial charge in [-0.05, 0) is 43.9 Å². The predicted octanol–water partition coefficient (Wildman–Crippen LogP) is 2.25. The molecular weight excluding hydrogens is 328 g/mol. The fourth-order valence-corrected chi connectivity index (χ4v) is 4.24. The molecule has 0 spiro atoms. The average Bonchev–Trinajstić information content (AvgIpc) is 2.88. The zero-order valence-corrected chi connectivity index (χ0v) is 15.0. The lowest BCUT2D eigenvalue weighted by molar-refractivity contribution is -0.133. The van der Waals surface area contributed by atoms with Crippen LogP contribution in [-0.2, 0) is 26.1 Å². The third-order valence-electron chi connectivity index (χ3n) is 4.10. The van der Waals surface area contributed by atoms with Crippen LogP contribution in [0.2, 0.25) is 0 Å². The van der Waals surface area contributed by atoms with Gasteiger partial charge >= 0.3 is 0 Å². The molecule has 6 nitrogen and oxygen atoms in total. The van der Waals surface area contributed by atoms with E-state index in [1.54, 1.807) is 35.5 Å². The van der Waals surface area contributed by atoms with Crippen molar-refractivity contribution in [2.75, 3.05) is 19.7 Å². The Morgan fingerprint density at radius 2 is 1.75 bits per heavy atom. The Morgan fingerprint density at radius 3 is 2.33 bits per heavy atom. The SMILES string of the molecule is CCONC(=O)CCc1ccc(S(=O)(=O)N2CCCCCC2)cc1. The Balaban J connectivity index is 1.96. The molecule has 1 amide bonds. The lowest BCUT2D eigenvalue weighted by Crippen LogP contribution is -2.31. The first-order chi connectivity index (χ1) is 11.5. The van der Waals surface area contributed by atoms with Gasteiger partial charge in [0.15, 0.2) is 0 Å². The van der Waals surface area contributed by atoms with Crippen LogP contribution in [0.4, 0.5) is 0 Å². The number of hydrogen-bond acceptors (Lipinski definition) is 4. The number of rotatable bonds is 7. The standard InChI is InChI=1S/C17H26N2O4S/c1-2-23-18-17(20)12-9-15-7-10-16(11-8-15)24(21,22)19-13-5-3-4-6-14-19/h7-8,10-11H,2-6,9,12-14H2,1H3,(H,18,20). The minimum Gasteiger partial charge on any atom is -0.274 e.